The van der Waals surface area contributed by atoms with E-state index in [0.717, 1.165) is 24.9 Å². The number of likely N-dealkylation sites (tertiary alicyclic amines) is 1. The number of morpholine rings is 1. The van der Waals surface area contributed by atoms with Crippen LogP contribution in [0.5, 0.6) is 0 Å². The average molecular weight is 638 g/mol. The Morgan fingerprint density at radius 2 is 1.67 bits per heavy atom. The highest BCUT2D eigenvalue weighted by molar-refractivity contribution is 5.85. The Morgan fingerprint density at radius 1 is 1.02 bits per heavy atom. The Labute approximate surface area is 252 Å². The Balaban J connectivity index is 0.00000423. The van der Waals surface area contributed by atoms with E-state index in [1.54, 1.807) is 17.9 Å². The summed E-state index contributed by atoms with van der Waals surface area (Å²) < 4.78 is 101. The maximum atomic E-state index is 14.1. The third kappa shape index (κ3) is 6.47. The van der Waals surface area contributed by atoms with Gasteiger partial charge in [0, 0.05) is 31.7 Å². The molecule has 2 aromatic rings. The molecule has 3 heterocycles. The van der Waals surface area contributed by atoms with Crippen LogP contribution in [0.25, 0.3) is 0 Å². The summed E-state index contributed by atoms with van der Waals surface area (Å²) in [5.74, 6) is -0.412. The Bertz CT molecular complexity index is 1310. The molecule has 4 atom stereocenters. The van der Waals surface area contributed by atoms with Crippen LogP contribution in [0.4, 0.5) is 35.5 Å². The maximum Gasteiger partial charge on any atom is 0.416 e. The number of alkyl halides is 6. The van der Waals surface area contributed by atoms with Crippen molar-refractivity contribution in [2.75, 3.05) is 33.4 Å². The summed E-state index contributed by atoms with van der Waals surface area (Å²) in [6.45, 7) is 5.52. The zero-order chi connectivity index (χ0) is 30.6. The summed E-state index contributed by atoms with van der Waals surface area (Å²) in [5.41, 5.74) is -1.90. The molecule has 2 aromatic carbocycles. The zero-order valence-electron chi connectivity index (χ0n) is 24.1. The second kappa shape index (κ2) is 12.1. The van der Waals surface area contributed by atoms with Gasteiger partial charge in [0.2, 0.25) is 0 Å². The van der Waals surface area contributed by atoms with E-state index in [-0.39, 0.29) is 35.6 Å². The maximum absolute atomic E-state index is 14.1. The quantitative estimate of drug-likeness (QED) is 0.323. The number of carbonyl (C=O) groups is 1. The lowest BCUT2D eigenvalue weighted by molar-refractivity contribution is -0.143. The Hall–Kier alpha value is -2.57. The van der Waals surface area contributed by atoms with Crippen molar-refractivity contribution in [1.82, 2.24) is 14.7 Å². The first-order valence-electron chi connectivity index (χ1n) is 14.0. The topological polar surface area (TPSA) is 36.0 Å². The molecule has 0 N–H and O–H groups in total. The van der Waals surface area contributed by atoms with Crippen molar-refractivity contribution in [3.05, 3.63) is 70.0 Å². The van der Waals surface area contributed by atoms with Crippen molar-refractivity contribution in [1.29, 1.82) is 0 Å². The molecule has 0 bridgehead atoms. The standard InChI is InChI=1S/C30H34F7N3O2.ClH/c1-18-12-23(31)4-5-25(18)26-16-28(7-6-24-17-42-11-10-40(24)28)8-9-39(26)27(41)38(3)19(2)20-13-21(29(32,33)34)15-22(14-20)30(35,36)37;/h4-5,12-15,19,24,26H,6-11,16-17H2,1-3H3;1H/t19-,24+,26-,28+;/m1./s1. The first kappa shape index (κ1) is 33.3. The lowest BCUT2D eigenvalue weighted by Crippen LogP contribution is -2.59. The van der Waals surface area contributed by atoms with Crippen molar-refractivity contribution in [3.8, 4) is 0 Å². The number of nitrogens with zero attached hydrogens (tertiary/aromatic N) is 3. The SMILES string of the molecule is Cc1cc(F)ccc1[C@H]1C[C@]2(CC[C@H]3COCCN32)CCN1C(=O)N(C)[C@H](C)c1cc(C(F)(F)F)cc(C(F)(F)F)c1.Cl. The molecule has 2 amide bonds. The van der Waals surface area contributed by atoms with Gasteiger partial charge in [-0.2, -0.15) is 26.3 Å². The smallest absolute Gasteiger partial charge is 0.378 e. The van der Waals surface area contributed by atoms with Gasteiger partial charge in [-0.05, 0) is 86.6 Å². The van der Waals surface area contributed by atoms with Gasteiger partial charge in [-0.15, -0.1) is 12.4 Å². The largest absolute Gasteiger partial charge is 0.416 e. The molecule has 3 aliphatic heterocycles. The van der Waals surface area contributed by atoms with E-state index in [0.29, 0.717) is 50.3 Å². The predicted octanol–water partition coefficient (Wildman–Crippen LogP) is 7.78. The molecule has 5 rings (SSSR count). The van der Waals surface area contributed by atoms with Crippen LogP contribution in [0.1, 0.15) is 72.5 Å². The minimum absolute atomic E-state index is 0. The van der Waals surface area contributed by atoms with Crippen LogP contribution in [-0.2, 0) is 17.1 Å². The number of aryl methyl sites for hydroxylation is 1. The number of amides is 2. The summed E-state index contributed by atoms with van der Waals surface area (Å²) in [5, 5.41) is 0. The molecular weight excluding hydrogens is 603 g/mol. The van der Waals surface area contributed by atoms with Gasteiger partial charge in [-0.25, -0.2) is 9.18 Å². The lowest BCUT2D eigenvalue weighted by atomic mass is 9.78. The van der Waals surface area contributed by atoms with E-state index in [9.17, 15) is 35.5 Å². The number of halogens is 8. The van der Waals surface area contributed by atoms with Crippen LogP contribution in [0.3, 0.4) is 0 Å². The number of piperidine rings is 1. The molecule has 0 unspecified atom stereocenters. The summed E-state index contributed by atoms with van der Waals surface area (Å²) in [7, 11) is 1.38. The van der Waals surface area contributed by atoms with Crippen molar-refractivity contribution >= 4 is 18.4 Å². The summed E-state index contributed by atoms with van der Waals surface area (Å²) in [4.78, 5) is 19.3. The van der Waals surface area contributed by atoms with Crippen molar-refractivity contribution in [2.45, 2.75) is 75.5 Å². The van der Waals surface area contributed by atoms with Gasteiger partial charge in [0.15, 0.2) is 0 Å². The van der Waals surface area contributed by atoms with Gasteiger partial charge in [-0.3, -0.25) is 4.90 Å². The van der Waals surface area contributed by atoms with Gasteiger partial charge in [-0.1, -0.05) is 6.07 Å². The average Bonchev–Trinajstić information content (AvgIpc) is 3.28. The molecule has 238 valence electrons. The molecule has 3 saturated heterocycles. The van der Waals surface area contributed by atoms with Gasteiger partial charge in [0.25, 0.3) is 0 Å². The van der Waals surface area contributed by atoms with Gasteiger partial charge < -0.3 is 14.5 Å². The van der Waals surface area contributed by atoms with Gasteiger partial charge >= 0.3 is 18.4 Å². The van der Waals surface area contributed by atoms with Gasteiger partial charge in [0.05, 0.1) is 36.4 Å². The highest BCUT2D eigenvalue weighted by atomic mass is 35.5. The minimum atomic E-state index is -5.00. The summed E-state index contributed by atoms with van der Waals surface area (Å²) in [6, 6.07) is 4.00. The molecule has 5 nitrogen and oxygen atoms in total. The third-order valence-corrected chi connectivity index (χ3v) is 9.36. The number of fused-ring (bicyclic) bond motifs is 2. The molecule has 0 radical (unpaired) electrons. The van der Waals surface area contributed by atoms with Gasteiger partial charge in [0.1, 0.15) is 5.82 Å². The van der Waals surface area contributed by atoms with Crippen LogP contribution in [0.15, 0.2) is 36.4 Å². The first-order chi connectivity index (χ1) is 19.6. The number of hydrogen-bond donors (Lipinski definition) is 0. The second-order valence-corrected chi connectivity index (χ2v) is 11.8. The van der Waals surface area contributed by atoms with E-state index >= 15 is 0 Å². The molecule has 43 heavy (non-hydrogen) atoms. The van der Waals surface area contributed by atoms with Crippen molar-refractivity contribution in [3.63, 3.8) is 0 Å². The summed E-state index contributed by atoms with van der Waals surface area (Å²) >= 11 is 0. The highest BCUT2D eigenvalue weighted by Gasteiger charge is 2.52. The van der Waals surface area contributed by atoms with E-state index in [4.69, 9.17) is 4.74 Å². The van der Waals surface area contributed by atoms with Crippen LogP contribution >= 0.6 is 12.4 Å². The monoisotopic (exact) mass is 637 g/mol. The molecule has 3 aliphatic rings. The first-order valence-corrected chi connectivity index (χ1v) is 14.0. The lowest BCUT2D eigenvalue weighted by Gasteiger charge is -2.52. The minimum Gasteiger partial charge on any atom is -0.378 e. The van der Waals surface area contributed by atoms with Crippen molar-refractivity contribution in [2.24, 2.45) is 0 Å². The number of urea groups is 1. The molecule has 0 aliphatic carbocycles. The summed E-state index contributed by atoms with van der Waals surface area (Å²) in [6.07, 6.45) is -6.89. The number of rotatable bonds is 3. The van der Waals surface area contributed by atoms with Crippen LogP contribution in [-0.4, -0.2) is 65.7 Å². The fourth-order valence-electron chi connectivity index (χ4n) is 6.97. The van der Waals surface area contributed by atoms with E-state index in [1.807, 2.05) is 0 Å². The molecule has 3 fully saturated rings. The van der Waals surface area contributed by atoms with Crippen LogP contribution < -0.4 is 0 Å². The number of benzene rings is 2. The van der Waals surface area contributed by atoms with Crippen LogP contribution in [0.2, 0.25) is 0 Å². The molecule has 0 aromatic heterocycles. The third-order valence-electron chi connectivity index (χ3n) is 9.36. The van der Waals surface area contributed by atoms with E-state index in [2.05, 4.69) is 4.90 Å². The normalized spacial score (nSPS) is 25.3. The molecule has 0 saturated carbocycles. The fraction of sp³-hybridized carbons (Fsp3) is 0.567. The second-order valence-electron chi connectivity index (χ2n) is 11.8. The molecule has 1 spiro atoms. The number of ether oxygens (including phenoxy) is 1. The van der Waals surface area contributed by atoms with E-state index < -0.39 is 47.4 Å². The van der Waals surface area contributed by atoms with Crippen LogP contribution in [0, 0.1) is 12.7 Å². The predicted molar refractivity (Wildman–Crippen MR) is 148 cm³/mol. The number of carbonyl (C=O) groups excluding carboxylic acids is 1. The fourth-order valence-corrected chi connectivity index (χ4v) is 6.97. The number of hydrogen-bond acceptors (Lipinski definition) is 3. The zero-order valence-corrected chi connectivity index (χ0v) is 24.9. The Kier molecular flexibility index (Phi) is 9.36. The Morgan fingerprint density at radius 3 is 2.28 bits per heavy atom. The highest BCUT2D eigenvalue weighted by Crippen LogP contribution is 2.49. The van der Waals surface area contributed by atoms with Crippen molar-refractivity contribution < 1.29 is 40.3 Å². The molecule has 13 heteroatoms. The van der Waals surface area contributed by atoms with E-state index in [1.165, 1.54) is 31.0 Å². The molecular formula is C30H35ClF7N3O2.